The number of carbonyl (C=O) groups excluding carboxylic acids is 7. The summed E-state index contributed by atoms with van der Waals surface area (Å²) in [5.74, 6) is -9.47. The average Bonchev–Trinajstić information content (AvgIpc) is 3.69. The van der Waals surface area contributed by atoms with Gasteiger partial charge in [-0.15, -0.1) is 0 Å². The van der Waals surface area contributed by atoms with E-state index in [1.807, 2.05) is 6.26 Å². The normalized spacial score (nSPS) is 16.3. The van der Waals surface area contributed by atoms with Gasteiger partial charge in [0.25, 0.3) is 0 Å². The van der Waals surface area contributed by atoms with E-state index in [9.17, 15) is 63.3 Å². The predicted octanol–water partition coefficient (Wildman–Crippen LogP) is -4.15. The predicted molar refractivity (Wildman–Crippen MR) is 224 cm³/mol. The molecule has 0 unspecified atom stereocenters. The number of nitrogens with two attached hydrogens (primary N) is 3. The molecule has 0 aromatic carbocycles. The van der Waals surface area contributed by atoms with Crippen molar-refractivity contribution in [1.29, 1.82) is 0 Å². The highest BCUT2D eigenvalue weighted by molar-refractivity contribution is 7.98. The second-order valence-electron chi connectivity index (χ2n) is 13.9. The number of likely N-dealkylation sites (tertiary alicyclic amines) is 1. The Morgan fingerprint density at radius 2 is 1.34 bits per heavy atom. The standard InChI is InChI=1S/C35H59N11O13S2/c1-18(41-30(54)20(6-4-12-39-35(37)38)43-29(53)19(36)10-14-60-2)28(52)40-17-25(47)42-21(8-9-26(48)49)31(55)45-23(16-27(50)51)33(57)46-13-5-7-24(46)32(56)44-22(34(58)59)11-15-61-3/h18-24H,4-17,36H2,1-3H3,(H,40,52)(H,41,54)(H,42,47)(H,43,53)(H,44,56)(H,45,55)(H,48,49)(H,50,51)(H,58,59)(H4,37,38,39)/t18-,19-,20-,21-,22-,23-,24-/m0/s1. The third-order valence-electron chi connectivity index (χ3n) is 9.08. The number of thioether (sulfide) groups is 2. The molecule has 0 saturated carbocycles. The van der Waals surface area contributed by atoms with E-state index in [1.165, 1.54) is 30.4 Å². The van der Waals surface area contributed by atoms with Crippen LogP contribution in [0.1, 0.15) is 64.7 Å². The van der Waals surface area contributed by atoms with Crippen LogP contribution in [-0.2, 0) is 47.9 Å². The van der Waals surface area contributed by atoms with Crippen LogP contribution in [0.15, 0.2) is 4.99 Å². The largest absolute Gasteiger partial charge is 0.481 e. The summed E-state index contributed by atoms with van der Waals surface area (Å²) in [6.07, 6.45) is 2.64. The molecule has 7 amide bonds. The van der Waals surface area contributed by atoms with Crippen LogP contribution in [0.4, 0.5) is 0 Å². The van der Waals surface area contributed by atoms with Gasteiger partial charge in [-0.2, -0.15) is 23.5 Å². The van der Waals surface area contributed by atoms with Crippen molar-refractivity contribution in [2.45, 2.75) is 107 Å². The third kappa shape index (κ3) is 20.6. The van der Waals surface area contributed by atoms with Gasteiger partial charge in [-0.05, 0) is 75.9 Å². The van der Waals surface area contributed by atoms with Crippen LogP contribution in [0.5, 0.6) is 0 Å². The number of carboxylic acids is 3. The van der Waals surface area contributed by atoms with Crippen LogP contribution in [0.3, 0.4) is 0 Å². The minimum absolute atomic E-state index is 0.0234. The summed E-state index contributed by atoms with van der Waals surface area (Å²) in [6.45, 7) is 0.626. The first-order valence-corrected chi connectivity index (χ1v) is 22.0. The van der Waals surface area contributed by atoms with Crippen molar-refractivity contribution in [1.82, 2.24) is 36.8 Å². The molecule has 0 bridgehead atoms. The van der Waals surface area contributed by atoms with Gasteiger partial charge in [0.15, 0.2) is 5.96 Å². The van der Waals surface area contributed by atoms with Crippen molar-refractivity contribution < 1.29 is 63.3 Å². The van der Waals surface area contributed by atoms with E-state index in [2.05, 4.69) is 36.9 Å². The highest BCUT2D eigenvalue weighted by atomic mass is 32.2. The van der Waals surface area contributed by atoms with Gasteiger partial charge < -0.3 is 69.3 Å². The number of hydrogen-bond donors (Lipinski definition) is 12. The monoisotopic (exact) mass is 905 g/mol. The van der Waals surface area contributed by atoms with Crippen LogP contribution in [0.2, 0.25) is 0 Å². The zero-order valence-corrected chi connectivity index (χ0v) is 35.9. The lowest BCUT2D eigenvalue weighted by molar-refractivity contribution is -0.147. The fraction of sp³-hybridized carbons (Fsp3) is 0.686. The number of aliphatic carboxylic acids is 3. The molecule has 0 aliphatic carbocycles. The molecule has 0 radical (unpaired) electrons. The van der Waals surface area contributed by atoms with Crippen LogP contribution in [0, 0.1) is 0 Å². The number of amides is 7. The SMILES string of the molecule is CSCC[C@H](NC(=O)[C@@H]1CCCN1C(=O)[C@H](CC(=O)O)NC(=O)[C@H](CCC(=O)O)NC(=O)CNC(=O)[C@H](C)NC(=O)[C@H](CCCN=C(N)N)NC(=O)[C@@H](N)CCSC)C(=O)O. The Hall–Kier alpha value is -5.37. The Balaban J connectivity index is 3.04. The summed E-state index contributed by atoms with van der Waals surface area (Å²) >= 11 is 2.84. The van der Waals surface area contributed by atoms with E-state index in [1.54, 1.807) is 6.26 Å². The van der Waals surface area contributed by atoms with E-state index in [0.717, 1.165) is 4.90 Å². The zero-order chi connectivity index (χ0) is 46.2. The molecule has 1 saturated heterocycles. The summed E-state index contributed by atoms with van der Waals surface area (Å²) < 4.78 is 0. The number of carbonyl (C=O) groups is 10. The lowest BCUT2D eigenvalue weighted by Crippen LogP contribution is -2.58. The molecule has 7 atom stereocenters. The Labute approximate surface area is 360 Å². The van der Waals surface area contributed by atoms with Crippen LogP contribution < -0.4 is 49.1 Å². The fourth-order valence-corrected chi connectivity index (χ4v) is 6.78. The van der Waals surface area contributed by atoms with Gasteiger partial charge in [-0.3, -0.25) is 48.1 Å². The minimum Gasteiger partial charge on any atom is -0.481 e. The Morgan fingerprint density at radius 1 is 0.738 bits per heavy atom. The summed E-state index contributed by atoms with van der Waals surface area (Å²) in [7, 11) is 0. The van der Waals surface area contributed by atoms with Crippen LogP contribution >= 0.6 is 23.5 Å². The van der Waals surface area contributed by atoms with E-state index >= 15 is 0 Å². The van der Waals surface area contributed by atoms with E-state index in [4.69, 9.17) is 17.2 Å². The van der Waals surface area contributed by atoms with E-state index < -0.39 is 127 Å². The van der Waals surface area contributed by atoms with Crippen molar-refractivity contribution in [2.24, 2.45) is 22.2 Å². The molecule has 0 spiro atoms. The molecule has 24 nitrogen and oxygen atoms in total. The summed E-state index contributed by atoms with van der Waals surface area (Å²) in [4.78, 5) is 132. The number of hydrogen-bond acceptors (Lipinski definition) is 14. The molecular weight excluding hydrogens is 847 g/mol. The molecule has 61 heavy (non-hydrogen) atoms. The smallest absolute Gasteiger partial charge is 0.326 e. The number of nitrogens with one attached hydrogen (secondary N) is 6. The van der Waals surface area contributed by atoms with Gasteiger partial charge in [0, 0.05) is 19.5 Å². The van der Waals surface area contributed by atoms with E-state index in [-0.39, 0.29) is 44.7 Å². The fourth-order valence-electron chi connectivity index (χ4n) is 5.82. The van der Waals surface area contributed by atoms with Crippen molar-refractivity contribution in [2.75, 3.05) is 43.7 Å². The molecular formula is C35H59N11O13S2. The maximum atomic E-state index is 13.7. The number of nitrogens with zero attached hydrogens (tertiary/aromatic N) is 2. The molecule has 1 fully saturated rings. The Morgan fingerprint density at radius 3 is 1.93 bits per heavy atom. The first-order valence-electron chi connectivity index (χ1n) is 19.3. The van der Waals surface area contributed by atoms with Crippen molar-refractivity contribution >= 4 is 88.7 Å². The lowest BCUT2D eigenvalue weighted by Gasteiger charge is -2.30. The van der Waals surface area contributed by atoms with E-state index in [0.29, 0.717) is 24.3 Å². The first-order chi connectivity index (χ1) is 28.7. The van der Waals surface area contributed by atoms with Crippen LogP contribution in [-0.4, -0.2) is 171 Å². The van der Waals surface area contributed by atoms with Crippen molar-refractivity contribution in [3.63, 3.8) is 0 Å². The topological polar surface area (TPSA) is 397 Å². The molecule has 344 valence electrons. The minimum atomic E-state index is -1.79. The van der Waals surface area contributed by atoms with Gasteiger partial charge in [0.1, 0.15) is 36.3 Å². The molecule has 1 rings (SSSR count). The second kappa shape index (κ2) is 28.2. The number of guanidine groups is 1. The molecule has 0 aromatic rings. The molecule has 0 aromatic heterocycles. The highest BCUT2D eigenvalue weighted by Gasteiger charge is 2.40. The van der Waals surface area contributed by atoms with Crippen molar-refractivity contribution in [3.05, 3.63) is 0 Å². The first kappa shape index (κ1) is 53.6. The molecule has 15 N–H and O–H groups in total. The summed E-state index contributed by atoms with van der Waals surface area (Å²) in [5, 5.41) is 42.5. The van der Waals surface area contributed by atoms with Gasteiger partial charge in [0.2, 0.25) is 41.4 Å². The van der Waals surface area contributed by atoms with Gasteiger partial charge in [-0.25, -0.2) is 4.79 Å². The Bertz CT molecular complexity index is 1600. The summed E-state index contributed by atoms with van der Waals surface area (Å²) in [6, 6.07) is -9.18. The number of carboxylic acid groups (broad SMARTS) is 3. The van der Waals surface area contributed by atoms with Crippen LogP contribution in [0.25, 0.3) is 0 Å². The van der Waals surface area contributed by atoms with Crippen molar-refractivity contribution in [3.8, 4) is 0 Å². The third-order valence-corrected chi connectivity index (χ3v) is 10.4. The lowest BCUT2D eigenvalue weighted by atomic mass is 10.1. The molecule has 26 heteroatoms. The maximum Gasteiger partial charge on any atom is 0.326 e. The molecule has 1 heterocycles. The van der Waals surface area contributed by atoms with Gasteiger partial charge >= 0.3 is 17.9 Å². The number of aliphatic imine (C=N–C) groups is 1. The Kier molecular flexibility index (Phi) is 24.8. The number of rotatable bonds is 29. The molecule has 1 aliphatic heterocycles. The summed E-state index contributed by atoms with van der Waals surface area (Å²) in [5.41, 5.74) is 16.6. The van der Waals surface area contributed by atoms with Gasteiger partial charge in [0.05, 0.1) is 19.0 Å². The average molecular weight is 906 g/mol. The molecule has 1 aliphatic rings. The second-order valence-corrected chi connectivity index (χ2v) is 15.9. The quantitative estimate of drug-likeness (QED) is 0.0193. The highest BCUT2D eigenvalue weighted by Crippen LogP contribution is 2.20. The maximum absolute atomic E-state index is 13.7. The van der Waals surface area contributed by atoms with Gasteiger partial charge in [-0.1, -0.05) is 0 Å². The zero-order valence-electron chi connectivity index (χ0n) is 34.3.